The highest BCUT2D eigenvalue weighted by Gasteiger charge is 2.30. The number of ether oxygens (including phenoxy) is 1. The fourth-order valence-electron chi connectivity index (χ4n) is 1.82. The van der Waals surface area contributed by atoms with Crippen LogP contribution in [0.5, 0.6) is 0 Å². The number of aromatic nitrogens is 2. The summed E-state index contributed by atoms with van der Waals surface area (Å²) in [4.78, 5) is 0. The molecule has 0 aliphatic carbocycles. The zero-order chi connectivity index (χ0) is 11.8. The van der Waals surface area contributed by atoms with Crippen molar-refractivity contribution in [3.8, 4) is 0 Å². The average Bonchev–Trinajstić information content (AvgIpc) is 2.60. The number of hydrogen-bond acceptors (Lipinski definition) is 4. The van der Waals surface area contributed by atoms with Gasteiger partial charge in [0.1, 0.15) is 0 Å². The molecule has 0 bridgehead atoms. The van der Waals surface area contributed by atoms with E-state index in [9.17, 15) is 8.42 Å². The Labute approximate surface area is 94.9 Å². The minimum absolute atomic E-state index is 0.273. The first-order valence-electron chi connectivity index (χ1n) is 5.10. The van der Waals surface area contributed by atoms with E-state index >= 15 is 0 Å². The Hall–Kier alpha value is -0.920. The topological polar surface area (TPSA) is 64.4 Å². The molecule has 2 rings (SSSR count). The van der Waals surface area contributed by atoms with Gasteiger partial charge in [-0.3, -0.25) is 4.68 Å². The summed E-state index contributed by atoms with van der Waals surface area (Å²) in [6, 6.07) is 0. The fourth-order valence-corrected chi connectivity index (χ4v) is 3.53. The average molecular weight is 245 g/mol. The summed E-state index contributed by atoms with van der Waals surface area (Å²) < 4.78 is 32.6. The quantitative estimate of drug-likeness (QED) is 0.720. The molecule has 1 aliphatic heterocycles. The van der Waals surface area contributed by atoms with E-state index in [1.807, 2.05) is 0 Å². The minimum atomic E-state index is -3.43. The van der Waals surface area contributed by atoms with Crippen LogP contribution in [0.4, 0.5) is 0 Å². The molecule has 7 heteroatoms. The van der Waals surface area contributed by atoms with Crippen LogP contribution in [-0.2, 0) is 21.8 Å². The standard InChI is InChI=1S/C9H15N3O3S/c1-8-7-10-11(2)9(8)16(13,14)12-3-5-15-6-4-12/h7H,3-6H2,1-2H3. The van der Waals surface area contributed by atoms with Gasteiger partial charge in [-0.05, 0) is 6.92 Å². The molecular weight excluding hydrogens is 230 g/mol. The predicted octanol–water partition coefficient (Wildman–Crippen LogP) is -0.251. The van der Waals surface area contributed by atoms with Gasteiger partial charge in [-0.15, -0.1) is 0 Å². The summed E-state index contributed by atoms with van der Waals surface area (Å²) in [5.74, 6) is 0. The second kappa shape index (κ2) is 4.15. The largest absolute Gasteiger partial charge is 0.379 e. The molecule has 1 aromatic rings. The van der Waals surface area contributed by atoms with Gasteiger partial charge in [0, 0.05) is 25.7 Å². The van der Waals surface area contributed by atoms with Crippen LogP contribution in [0, 0.1) is 6.92 Å². The molecule has 0 atom stereocenters. The van der Waals surface area contributed by atoms with Gasteiger partial charge >= 0.3 is 0 Å². The van der Waals surface area contributed by atoms with Gasteiger partial charge < -0.3 is 4.74 Å². The molecule has 0 aromatic carbocycles. The summed E-state index contributed by atoms with van der Waals surface area (Å²) in [7, 11) is -1.79. The lowest BCUT2D eigenvalue weighted by Crippen LogP contribution is -2.41. The first-order chi connectivity index (χ1) is 7.53. The Kier molecular flexibility index (Phi) is 3.00. The summed E-state index contributed by atoms with van der Waals surface area (Å²) >= 11 is 0. The predicted molar refractivity (Wildman–Crippen MR) is 57.5 cm³/mol. The molecule has 0 N–H and O–H groups in total. The first kappa shape index (κ1) is 11.6. The van der Waals surface area contributed by atoms with Gasteiger partial charge in [0.05, 0.1) is 19.4 Å². The number of morpholine rings is 1. The summed E-state index contributed by atoms with van der Waals surface area (Å²) in [5, 5.41) is 4.23. The van der Waals surface area contributed by atoms with Crippen molar-refractivity contribution in [1.82, 2.24) is 14.1 Å². The summed E-state index contributed by atoms with van der Waals surface area (Å²) in [5.41, 5.74) is 0.675. The molecule has 1 fully saturated rings. The highest BCUT2D eigenvalue weighted by Crippen LogP contribution is 2.19. The van der Waals surface area contributed by atoms with E-state index in [-0.39, 0.29) is 5.03 Å². The maximum absolute atomic E-state index is 12.3. The van der Waals surface area contributed by atoms with Gasteiger partial charge in [-0.1, -0.05) is 0 Å². The van der Waals surface area contributed by atoms with Crippen LogP contribution in [0.3, 0.4) is 0 Å². The Morgan fingerprint density at radius 1 is 1.38 bits per heavy atom. The van der Waals surface area contributed by atoms with Crippen LogP contribution in [0.2, 0.25) is 0 Å². The van der Waals surface area contributed by atoms with Crippen LogP contribution in [-0.4, -0.2) is 48.8 Å². The molecule has 0 radical (unpaired) electrons. The van der Waals surface area contributed by atoms with E-state index in [1.54, 1.807) is 20.2 Å². The number of rotatable bonds is 2. The molecule has 0 unspecified atom stereocenters. The zero-order valence-corrected chi connectivity index (χ0v) is 10.2. The lowest BCUT2D eigenvalue weighted by atomic mass is 10.4. The molecule has 0 amide bonds. The Morgan fingerprint density at radius 3 is 2.50 bits per heavy atom. The molecule has 0 spiro atoms. The Bertz CT molecular complexity index is 455. The van der Waals surface area contributed by atoms with E-state index in [0.29, 0.717) is 31.9 Å². The van der Waals surface area contributed by atoms with Crippen molar-refractivity contribution < 1.29 is 13.2 Å². The molecule has 16 heavy (non-hydrogen) atoms. The van der Waals surface area contributed by atoms with Crippen molar-refractivity contribution in [1.29, 1.82) is 0 Å². The van der Waals surface area contributed by atoms with Crippen molar-refractivity contribution in [2.45, 2.75) is 11.9 Å². The third-order valence-corrected chi connectivity index (χ3v) is 4.73. The second-order valence-corrected chi connectivity index (χ2v) is 5.63. The van der Waals surface area contributed by atoms with Gasteiger partial charge in [0.25, 0.3) is 10.0 Å². The van der Waals surface area contributed by atoms with E-state index in [1.165, 1.54) is 8.99 Å². The Balaban J connectivity index is 2.38. The van der Waals surface area contributed by atoms with Crippen LogP contribution >= 0.6 is 0 Å². The van der Waals surface area contributed by atoms with Gasteiger partial charge in [0.15, 0.2) is 5.03 Å². The van der Waals surface area contributed by atoms with Crippen LogP contribution in [0.25, 0.3) is 0 Å². The highest BCUT2D eigenvalue weighted by molar-refractivity contribution is 7.89. The first-order valence-corrected chi connectivity index (χ1v) is 6.54. The van der Waals surface area contributed by atoms with E-state index in [4.69, 9.17) is 4.74 Å². The summed E-state index contributed by atoms with van der Waals surface area (Å²) in [6.45, 7) is 3.48. The van der Waals surface area contributed by atoms with Gasteiger partial charge in [-0.2, -0.15) is 9.40 Å². The number of hydrogen-bond donors (Lipinski definition) is 0. The van der Waals surface area contributed by atoms with Crippen molar-refractivity contribution >= 4 is 10.0 Å². The third kappa shape index (κ3) is 1.85. The monoisotopic (exact) mass is 245 g/mol. The Morgan fingerprint density at radius 2 is 2.00 bits per heavy atom. The lowest BCUT2D eigenvalue weighted by Gasteiger charge is -2.26. The summed E-state index contributed by atoms with van der Waals surface area (Å²) in [6.07, 6.45) is 1.56. The van der Waals surface area contributed by atoms with E-state index in [0.717, 1.165) is 0 Å². The van der Waals surface area contributed by atoms with Crippen molar-refractivity contribution in [2.24, 2.45) is 7.05 Å². The minimum Gasteiger partial charge on any atom is -0.379 e. The molecule has 2 heterocycles. The van der Waals surface area contributed by atoms with Crippen molar-refractivity contribution in [3.63, 3.8) is 0 Å². The number of nitrogens with zero attached hydrogens (tertiary/aromatic N) is 3. The number of aryl methyl sites for hydroxylation is 2. The SMILES string of the molecule is Cc1cnn(C)c1S(=O)(=O)N1CCOCC1. The molecule has 1 aliphatic rings. The molecule has 90 valence electrons. The molecule has 6 nitrogen and oxygen atoms in total. The van der Waals surface area contributed by atoms with Crippen molar-refractivity contribution in [2.75, 3.05) is 26.3 Å². The maximum Gasteiger partial charge on any atom is 0.260 e. The van der Waals surface area contributed by atoms with Gasteiger partial charge in [-0.25, -0.2) is 8.42 Å². The zero-order valence-electron chi connectivity index (χ0n) is 9.38. The van der Waals surface area contributed by atoms with E-state index in [2.05, 4.69) is 5.10 Å². The second-order valence-electron chi connectivity index (χ2n) is 3.77. The third-order valence-electron chi connectivity index (χ3n) is 2.61. The smallest absolute Gasteiger partial charge is 0.260 e. The fraction of sp³-hybridized carbons (Fsp3) is 0.667. The van der Waals surface area contributed by atoms with Crippen molar-refractivity contribution in [3.05, 3.63) is 11.8 Å². The van der Waals surface area contributed by atoms with Crippen LogP contribution in [0.15, 0.2) is 11.2 Å². The van der Waals surface area contributed by atoms with Crippen LogP contribution < -0.4 is 0 Å². The maximum atomic E-state index is 12.3. The molecular formula is C9H15N3O3S. The molecule has 1 aromatic heterocycles. The lowest BCUT2D eigenvalue weighted by molar-refractivity contribution is 0.0728. The van der Waals surface area contributed by atoms with Crippen LogP contribution in [0.1, 0.15) is 5.56 Å². The molecule has 0 saturated carbocycles. The highest BCUT2D eigenvalue weighted by atomic mass is 32.2. The number of sulfonamides is 1. The normalized spacial score (nSPS) is 18.9. The van der Waals surface area contributed by atoms with Gasteiger partial charge in [0.2, 0.25) is 0 Å². The molecule has 1 saturated heterocycles. The van der Waals surface area contributed by atoms with E-state index < -0.39 is 10.0 Å².